The Labute approximate surface area is 120 Å². The number of nitrogens with one attached hydrogen (secondary N) is 1. The number of anilines is 1. The highest BCUT2D eigenvalue weighted by atomic mass is 35.5. The average Bonchev–Trinajstić information content (AvgIpc) is 2.37. The Bertz CT molecular complexity index is 448. The largest absolute Gasteiger partial charge is 0.377 e. The Balaban J connectivity index is 2.28. The summed E-state index contributed by atoms with van der Waals surface area (Å²) in [7, 11) is 1.94. The highest BCUT2D eigenvalue weighted by Crippen LogP contribution is 2.32. The maximum atomic E-state index is 6.42. The number of rotatable bonds is 3. The SMILES string of the molecule is CNC(C)c1ccc(N2CCOCC2(C)C)cc1Cl. The normalized spacial score (nSPS) is 20.4. The molecule has 0 aliphatic carbocycles. The van der Waals surface area contributed by atoms with E-state index in [4.69, 9.17) is 16.3 Å². The molecular formula is C15H23ClN2O. The van der Waals surface area contributed by atoms with Gasteiger partial charge < -0.3 is 15.0 Å². The number of benzene rings is 1. The quantitative estimate of drug-likeness (QED) is 0.921. The summed E-state index contributed by atoms with van der Waals surface area (Å²) in [5.41, 5.74) is 2.32. The van der Waals surface area contributed by atoms with E-state index in [0.717, 1.165) is 30.3 Å². The van der Waals surface area contributed by atoms with E-state index in [1.807, 2.05) is 7.05 Å². The second-order valence-electron chi connectivity index (χ2n) is 5.73. The molecule has 1 fully saturated rings. The zero-order valence-electron chi connectivity index (χ0n) is 12.2. The van der Waals surface area contributed by atoms with E-state index >= 15 is 0 Å². The summed E-state index contributed by atoms with van der Waals surface area (Å²) in [5.74, 6) is 0. The molecule has 1 N–H and O–H groups in total. The molecule has 106 valence electrons. The topological polar surface area (TPSA) is 24.5 Å². The van der Waals surface area contributed by atoms with Crippen LogP contribution in [0.15, 0.2) is 18.2 Å². The van der Waals surface area contributed by atoms with Crippen LogP contribution in [0.3, 0.4) is 0 Å². The molecule has 4 heteroatoms. The van der Waals surface area contributed by atoms with E-state index < -0.39 is 0 Å². The van der Waals surface area contributed by atoms with Crippen LogP contribution in [0, 0.1) is 0 Å². The molecule has 0 saturated carbocycles. The number of ether oxygens (including phenoxy) is 1. The maximum absolute atomic E-state index is 6.42. The molecular weight excluding hydrogens is 260 g/mol. The van der Waals surface area contributed by atoms with E-state index in [0.29, 0.717) is 0 Å². The number of hydrogen-bond acceptors (Lipinski definition) is 3. The highest BCUT2D eigenvalue weighted by molar-refractivity contribution is 6.31. The van der Waals surface area contributed by atoms with E-state index in [1.54, 1.807) is 0 Å². The molecule has 1 unspecified atom stereocenters. The van der Waals surface area contributed by atoms with Gasteiger partial charge in [-0.1, -0.05) is 17.7 Å². The predicted octanol–water partition coefficient (Wildman–Crippen LogP) is 3.24. The van der Waals surface area contributed by atoms with Crippen LogP contribution in [0.4, 0.5) is 5.69 Å². The minimum Gasteiger partial charge on any atom is -0.377 e. The standard InChI is InChI=1S/C15H23ClN2O/c1-11(17-4)13-6-5-12(9-14(13)16)18-7-8-19-10-15(18,2)3/h5-6,9,11,17H,7-8,10H2,1-4H3. The van der Waals surface area contributed by atoms with Gasteiger partial charge in [0.15, 0.2) is 0 Å². The maximum Gasteiger partial charge on any atom is 0.0694 e. The van der Waals surface area contributed by atoms with Gasteiger partial charge in [0, 0.05) is 23.3 Å². The fourth-order valence-corrected chi connectivity index (χ4v) is 2.87. The summed E-state index contributed by atoms with van der Waals surface area (Å²) in [4.78, 5) is 2.37. The number of morpholine rings is 1. The minimum atomic E-state index is 0.0116. The molecule has 2 rings (SSSR count). The molecule has 1 atom stereocenters. The molecule has 0 radical (unpaired) electrons. The van der Waals surface area contributed by atoms with Gasteiger partial charge in [-0.2, -0.15) is 0 Å². The molecule has 1 aromatic rings. The Kier molecular flexibility index (Phi) is 4.39. The summed E-state index contributed by atoms with van der Waals surface area (Å²) in [5, 5.41) is 4.04. The fraction of sp³-hybridized carbons (Fsp3) is 0.600. The minimum absolute atomic E-state index is 0.0116. The van der Waals surface area contributed by atoms with Gasteiger partial charge in [-0.05, 0) is 45.5 Å². The number of nitrogens with zero attached hydrogens (tertiary/aromatic N) is 1. The summed E-state index contributed by atoms with van der Waals surface area (Å²) in [6.45, 7) is 8.94. The third-order valence-electron chi connectivity index (χ3n) is 3.84. The first-order chi connectivity index (χ1) is 8.95. The van der Waals surface area contributed by atoms with Crippen LogP contribution in [0.1, 0.15) is 32.4 Å². The first-order valence-corrected chi connectivity index (χ1v) is 7.15. The number of halogens is 1. The van der Waals surface area contributed by atoms with Gasteiger partial charge in [0.1, 0.15) is 0 Å². The molecule has 0 amide bonds. The summed E-state index contributed by atoms with van der Waals surface area (Å²) >= 11 is 6.42. The van der Waals surface area contributed by atoms with Crippen LogP contribution in [0.2, 0.25) is 5.02 Å². The van der Waals surface area contributed by atoms with Crippen molar-refractivity contribution >= 4 is 17.3 Å². The van der Waals surface area contributed by atoms with Crippen molar-refractivity contribution in [2.45, 2.75) is 32.4 Å². The molecule has 1 heterocycles. The lowest BCUT2D eigenvalue weighted by Crippen LogP contribution is -2.53. The van der Waals surface area contributed by atoms with Crippen LogP contribution < -0.4 is 10.2 Å². The molecule has 0 spiro atoms. The molecule has 19 heavy (non-hydrogen) atoms. The Hall–Kier alpha value is -0.770. The molecule has 0 aromatic heterocycles. The zero-order chi connectivity index (χ0) is 14.0. The smallest absolute Gasteiger partial charge is 0.0694 e. The number of hydrogen-bond donors (Lipinski definition) is 1. The zero-order valence-corrected chi connectivity index (χ0v) is 12.9. The molecule has 0 bridgehead atoms. The molecule has 1 aliphatic heterocycles. The molecule has 1 aliphatic rings. The lowest BCUT2D eigenvalue weighted by molar-refractivity contribution is 0.0644. The monoisotopic (exact) mass is 282 g/mol. The van der Waals surface area contributed by atoms with Crippen molar-refractivity contribution in [1.82, 2.24) is 5.32 Å². The second-order valence-corrected chi connectivity index (χ2v) is 6.14. The summed E-state index contributed by atoms with van der Waals surface area (Å²) in [6, 6.07) is 6.60. The van der Waals surface area contributed by atoms with Crippen molar-refractivity contribution in [3.8, 4) is 0 Å². The van der Waals surface area contributed by atoms with Crippen LogP contribution in [-0.4, -0.2) is 32.3 Å². The third-order valence-corrected chi connectivity index (χ3v) is 4.17. The average molecular weight is 283 g/mol. The van der Waals surface area contributed by atoms with Gasteiger partial charge in [0.2, 0.25) is 0 Å². The van der Waals surface area contributed by atoms with Gasteiger partial charge in [-0.15, -0.1) is 0 Å². The molecule has 3 nitrogen and oxygen atoms in total. The third kappa shape index (κ3) is 3.04. The van der Waals surface area contributed by atoms with Gasteiger partial charge in [0.05, 0.1) is 18.8 Å². The fourth-order valence-electron chi connectivity index (χ4n) is 2.53. The van der Waals surface area contributed by atoms with Crippen molar-refractivity contribution in [2.75, 3.05) is 31.7 Å². The van der Waals surface area contributed by atoms with E-state index in [1.165, 1.54) is 5.69 Å². The summed E-state index contributed by atoms with van der Waals surface area (Å²) in [6.07, 6.45) is 0. The Morgan fingerprint density at radius 1 is 1.42 bits per heavy atom. The second kappa shape index (κ2) is 5.70. The molecule has 1 saturated heterocycles. The van der Waals surface area contributed by atoms with Gasteiger partial charge in [-0.25, -0.2) is 0 Å². The predicted molar refractivity (Wildman–Crippen MR) is 81.2 cm³/mol. The van der Waals surface area contributed by atoms with E-state index in [9.17, 15) is 0 Å². The van der Waals surface area contributed by atoms with Crippen molar-refractivity contribution < 1.29 is 4.74 Å². The van der Waals surface area contributed by atoms with Gasteiger partial charge in [-0.3, -0.25) is 0 Å². The van der Waals surface area contributed by atoms with Crippen molar-refractivity contribution in [1.29, 1.82) is 0 Å². The highest BCUT2D eigenvalue weighted by Gasteiger charge is 2.30. The van der Waals surface area contributed by atoms with Gasteiger partial charge >= 0.3 is 0 Å². The van der Waals surface area contributed by atoms with Crippen molar-refractivity contribution in [3.05, 3.63) is 28.8 Å². The van der Waals surface area contributed by atoms with Crippen LogP contribution >= 0.6 is 11.6 Å². The van der Waals surface area contributed by atoms with Crippen LogP contribution in [0.25, 0.3) is 0 Å². The lowest BCUT2D eigenvalue weighted by Gasteiger charge is -2.44. The first-order valence-electron chi connectivity index (χ1n) is 6.78. The van der Waals surface area contributed by atoms with Crippen LogP contribution in [0.5, 0.6) is 0 Å². The van der Waals surface area contributed by atoms with Crippen molar-refractivity contribution in [3.63, 3.8) is 0 Å². The lowest BCUT2D eigenvalue weighted by atomic mass is 10.0. The van der Waals surface area contributed by atoms with E-state index in [2.05, 4.69) is 49.2 Å². The van der Waals surface area contributed by atoms with Crippen molar-refractivity contribution in [2.24, 2.45) is 0 Å². The first kappa shape index (κ1) is 14.6. The van der Waals surface area contributed by atoms with Crippen LogP contribution in [-0.2, 0) is 4.74 Å². The van der Waals surface area contributed by atoms with E-state index in [-0.39, 0.29) is 11.6 Å². The molecule has 1 aromatic carbocycles. The van der Waals surface area contributed by atoms with Gasteiger partial charge in [0.25, 0.3) is 0 Å². The summed E-state index contributed by atoms with van der Waals surface area (Å²) < 4.78 is 5.56. The Morgan fingerprint density at radius 3 is 2.74 bits per heavy atom. The Morgan fingerprint density at radius 2 is 2.16 bits per heavy atom.